The number of primary amides is 1. The second-order valence-corrected chi connectivity index (χ2v) is 12.5. The van der Waals surface area contributed by atoms with Gasteiger partial charge in [0, 0.05) is 11.5 Å². The van der Waals surface area contributed by atoms with E-state index in [2.05, 4.69) is 17.0 Å². The molecule has 33 heavy (non-hydrogen) atoms. The zero-order valence-corrected chi connectivity index (χ0v) is 20.4. The Morgan fingerprint density at radius 2 is 1.88 bits per heavy atom. The molecule has 1 aromatic rings. The van der Waals surface area contributed by atoms with Crippen LogP contribution in [0.1, 0.15) is 58.8 Å². The van der Waals surface area contributed by atoms with Crippen molar-refractivity contribution in [3.63, 3.8) is 0 Å². The predicted octanol–water partition coefficient (Wildman–Crippen LogP) is 3.11. The van der Waals surface area contributed by atoms with Gasteiger partial charge in [-0.1, -0.05) is 31.5 Å². The molecule has 0 aliphatic heterocycles. The lowest BCUT2D eigenvalue weighted by Gasteiger charge is -2.53. The molecule has 3 saturated carbocycles. The molecule has 5 unspecified atom stereocenters. The highest BCUT2D eigenvalue weighted by atomic mass is 35.5. The first-order valence-corrected chi connectivity index (χ1v) is 13.3. The summed E-state index contributed by atoms with van der Waals surface area (Å²) in [6, 6.07) is 3.57. The van der Waals surface area contributed by atoms with Crippen LogP contribution in [0, 0.1) is 29.0 Å². The van der Waals surface area contributed by atoms with Gasteiger partial charge in [-0.2, -0.15) is 4.72 Å². The molecule has 7 nitrogen and oxygen atoms in total. The van der Waals surface area contributed by atoms with Crippen LogP contribution >= 0.6 is 11.6 Å². The lowest BCUT2D eigenvalue weighted by molar-refractivity contribution is -0.140. The second kappa shape index (κ2) is 8.50. The summed E-state index contributed by atoms with van der Waals surface area (Å²) >= 11 is 5.76. The van der Waals surface area contributed by atoms with Crippen LogP contribution in [0.25, 0.3) is 0 Å². The Hall–Kier alpha value is -1.71. The molecule has 4 N–H and O–H groups in total. The van der Waals surface area contributed by atoms with Gasteiger partial charge in [0.2, 0.25) is 21.8 Å². The highest BCUT2D eigenvalue weighted by molar-refractivity contribution is 7.89. The third kappa shape index (κ3) is 4.28. The van der Waals surface area contributed by atoms with E-state index in [4.69, 9.17) is 17.3 Å². The van der Waals surface area contributed by atoms with Crippen molar-refractivity contribution in [2.24, 2.45) is 28.9 Å². The van der Waals surface area contributed by atoms with Crippen molar-refractivity contribution < 1.29 is 22.4 Å². The molecule has 3 aliphatic carbocycles. The number of nitrogens with one attached hydrogen (secondary N) is 2. The standard InChI is InChI=1S/C23H31ClFN3O4S/c1-13-9-15-12-22(10-13,20(26)29)11-14(2)19(15)27-21(30)23(7-4-8-23)28-33(31,32)17-6-3-5-16(24)18(17)25/h3,5-6,13-15,19,28H,4,7-12H2,1-2H3,(H2,26,29)(H,27,30). The van der Waals surface area contributed by atoms with Crippen LogP contribution in [0.3, 0.4) is 0 Å². The van der Waals surface area contributed by atoms with E-state index in [9.17, 15) is 22.4 Å². The highest BCUT2D eigenvalue weighted by Crippen LogP contribution is 2.53. The first kappa shape index (κ1) is 24.4. The van der Waals surface area contributed by atoms with E-state index in [1.165, 1.54) is 12.1 Å². The lowest BCUT2D eigenvalue weighted by atomic mass is 9.54. The molecule has 0 radical (unpaired) electrons. The SMILES string of the molecule is CC1CC2CC(C(N)=O)(C1)CC(C)C2NC(=O)C1(NS(=O)(=O)c2cccc(Cl)c2F)CCC1. The third-order valence-corrected chi connectivity index (χ3v) is 9.77. The Balaban J connectivity index is 1.55. The average Bonchev–Trinajstić information content (AvgIpc) is 2.69. The smallest absolute Gasteiger partial charge is 0.244 e. The molecule has 3 aliphatic rings. The van der Waals surface area contributed by atoms with E-state index >= 15 is 0 Å². The maximum atomic E-state index is 14.4. The number of sulfonamides is 1. The van der Waals surface area contributed by atoms with Crippen molar-refractivity contribution >= 4 is 33.4 Å². The Morgan fingerprint density at radius 3 is 2.48 bits per heavy atom. The van der Waals surface area contributed by atoms with E-state index in [1.807, 2.05) is 6.92 Å². The van der Waals surface area contributed by atoms with Crippen molar-refractivity contribution in [2.75, 3.05) is 0 Å². The molecule has 1 aromatic carbocycles. The molecular formula is C23H31ClFN3O4S. The number of carbonyl (C=O) groups excluding carboxylic acids is 2. The Bertz CT molecular complexity index is 1070. The fourth-order valence-corrected chi connectivity index (χ4v) is 8.10. The minimum Gasteiger partial charge on any atom is -0.369 e. The molecule has 3 fully saturated rings. The zero-order chi connectivity index (χ0) is 24.2. The van der Waals surface area contributed by atoms with Gasteiger partial charge >= 0.3 is 0 Å². The van der Waals surface area contributed by atoms with Crippen molar-refractivity contribution in [1.82, 2.24) is 10.0 Å². The number of hydrogen-bond donors (Lipinski definition) is 3. The van der Waals surface area contributed by atoms with Crippen LogP contribution in [-0.4, -0.2) is 31.8 Å². The maximum Gasteiger partial charge on any atom is 0.244 e. The molecule has 0 heterocycles. The van der Waals surface area contributed by atoms with Gasteiger partial charge in [0.1, 0.15) is 10.4 Å². The zero-order valence-electron chi connectivity index (χ0n) is 18.9. The number of hydrogen-bond acceptors (Lipinski definition) is 4. The number of carbonyl (C=O) groups is 2. The minimum absolute atomic E-state index is 0.0202. The fraction of sp³-hybridized carbons (Fsp3) is 0.652. The predicted molar refractivity (Wildman–Crippen MR) is 122 cm³/mol. The number of rotatable bonds is 6. The van der Waals surface area contributed by atoms with Crippen LogP contribution in [0.15, 0.2) is 23.1 Å². The summed E-state index contributed by atoms with van der Waals surface area (Å²) in [7, 11) is -4.31. The largest absolute Gasteiger partial charge is 0.369 e. The number of benzene rings is 1. The topological polar surface area (TPSA) is 118 Å². The van der Waals surface area contributed by atoms with Gasteiger partial charge in [-0.05, 0) is 74.8 Å². The molecule has 0 saturated heterocycles. The second-order valence-electron chi connectivity index (χ2n) is 10.4. The van der Waals surface area contributed by atoms with Crippen LogP contribution in [0.4, 0.5) is 4.39 Å². The van der Waals surface area contributed by atoms with Gasteiger partial charge < -0.3 is 11.1 Å². The van der Waals surface area contributed by atoms with Gasteiger partial charge in [0.25, 0.3) is 0 Å². The molecule has 10 heteroatoms. The van der Waals surface area contributed by atoms with Gasteiger partial charge in [-0.3, -0.25) is 9.59 Å². The fourth-order valence-electron chi connectivity index (χ4n) is 6.34. The minimum atomic E-state index is -4.31. The van der Waals surface area contributed by atoms with Crippen LogP contribution < -0.4 is 15.8 Å². The van der Waals surface area contributed by atoms with E-state index in [1.54, 1.807) is 0 Å². The lowest BCUT2D eigenvalue weighted by Crippen LogP contribution is -2.66. The van der Waals surface area contributed by atoms with Crippen LogP contribution in [0.2, 0.25) is 5.02 Å². The monoisotopic (exact) mass is 499 g/mol. The van der Waals surface area contributed by atoms with E-state index in [0.717, 1.165) is 18.9 Å². The van der Waals surface area contributed by atoms with Crippen molar-refractivity contribution in [3.05, 3.63) is 29.0 Å². The highest BCUT2D eigenvalue weighted by Gasteiger charge is 2.54. The molecule has 0 spiro atoms. The van der Waals surface area contributed by atoms with E-state index in [-0.39, 0.29) is 28.8 Å². The van der Waals surface area contributed by atoms with Gasteiger partial charge in [-0.15, -0.1) is 0 Å². The summed E-state index contributed by atoms with van der Waals surface area (Å²) in [5.74, 6) is -1.30. The Labute approximate surface area is 199 Å². The number of nitrogens with two attached hydrogens (primary N) is 1. The van der Waals surface area contributed by atoms with Crippen molar-refractivity contribution in [3.8, 4) is 0 Å². The van der Waals surface area contributed by atoms with Crippen LogP contribution in [0.5, 0.6) is 0 Å². The summed E-state index contributed by atoms with van der Waals surface area (Å²) < 4.78 is 42.8. The summed E-state index contributed by atoms with van der Waals surface area (Å²) in [5, 5.41) is 2.81. The van der Waals surface area contributed by atoms with Crippen molar-refractivity contribution in [1.29, 1.82) is 0 Å². The summed E-state index contributed by atoms with van der Waals surface area (Å²) in [6.45, 7) is 4.10. The number of halogens is 2. The number of amides is 2. The molecule has 2 amide bonds. The number of fused-ring (bicyclic) bond motifs is 2. The van der Waals surface area contributed by atoms with Gasteiger partial charge in [0.15, 0.2) is 5.82 Å². The first-order valence-electron chi connectivity index (χ1n) is 11.5. The molecule has 0 aromatic heterocycles. The van der Waals surface area contributed by atoms with Gasteiger partial charge in [0.05, 0.1) is 5.02 Å². The normalized spacial score (nSPS) is 33.1. The summed E-state index contributed by atoms with van der Waals surface area (Å²) in [6.07, 6.45) is 4.20. The van der Waals surface area contributed by atoms with Crippen molar-refractivity contribution in [2.45, 2.75) is 75.3 Å². The molecule has 5 atom stereocenters. The van der Waals surface area contributed by atoms with Crippen LogP contribution in [-0.2, 0) is 19.6 Å². The molecule has 2 bridgehead atoms. The first-order chi connectivity index (χ1) is 15.4. The van der Waals surface area contributed by atoms with E-state index in [0.29, 0.717) is 38.0 Å². The average molecular weight is 500 g/mol. The van der Waals surface area contributed by atoms with E-state index < -0.39 is 37.6 Å². The maximum absolute atomic E-state index is 14.4. The Kier molecular flexibility index (Phi) is 6.29. The summed E-state index contributed by atoms with van der Waals surface area (Å²) in [4.78, 5) is 25.1. The Morgan fingerprint density at radius 1 is 1.18 bits per heavy atom. The quantitative estimate of drug-likeness (QED) is 0.557. The molecule has 4 rings (SSSR count). The van der Waals surface area contributed by atoms with Gasteiger partial charge in [-0.25, -0.2) is 12.8 Å². The molecule has 182 valence electrons. The third-order valence-electron chi connectivity index (χ3n) is 7.93. The molecular weight excluding hydrogens is 469 g/mol. The summed E-state index contributed by atoms with van der Waals surface area (Å²) in [5.41, 5.74) is 3.92.